The number of aliphatic hydroxyl groups excluding tert-OH is 1. The molecular formula is C23H26N4O5. The predicted molar refractivity (Wildman–Crippen MR) is 117 cm³/mol. The molecule has 9 heteroatoms. The Morgan fingerprint density at radius 3 is 2.75 bits per heavy atom. The van der Waals surface area contributed by atoms with Crippen LogP contribution in [0.4, 0.5) is 0 Å². The summed E-state index contributed by atoms with van der Waals surface area (Å²) >= 11 is 0. The molecule has 3 fully saturated rings. The summed E-state index contributed by atoms with van der Waals surface area (Å²) in [5.74, 6) is 0.902. The van der Waals surface area contributed by atoms with E-state index in [0.717, 1.165) is 30.2 Å². The molecule has 5 aliphatic rings. The molecule has 4 N–H and O–H groups in total. The molecule has 9 nitrogen and oxygen atoms in total. The van der Waals surface area contributed by atoms with Gasteiger partial charge >= 0.3 is 0 Å². The number of hydrogen-bond donors (Lipinski definition) is 4. The number of aliphatic imine (C=N–C) groups is 2. The molecule has 4 unspecified atom stereocenters. The van der Waals surface area contributed by atoms with Crippen molar-refractivity contribution < 1.29 is 24.8 Å². The van der Waals surface area contributed by atoms with Crippen LogP contribution in [0.25, 0.3) is 0 Å². The monoisotopic (exact) mass is 438 g/mol. The Balaban J connectivity index is 1.44. The van der Waals surface area contributed by atoms with Crippen molar-refractivity contribution in [3.63, 3.8) is 0 Å². The fourth-order valence-corrected chi connectivity index (χ4v) is 4.84. The highest BCUT2D eigenvalue weighted by atomic mass is 16.7. The van der Waals surface area contributed by atoms with Crippen LogP contribution in [0.15, 0.2) is 57.9 Å². The van der Waals surface area contributed by atoms with Gasteiger partial charge in [-0.15, -0.1) is 0 Å². The SMILES string of the molecule is OCCN=C1C=C(C2(O)C3OC32)NC2C1=NC(N1CCOCC1)=CC2c1cccc(O)c1. The minimum Gasteiger partial charge on any atom is -0.508 e. The number of ether oxygens (including phenoxy) is 2. The lowest BCUT2D eigenvalue weighted by molar-refractivity contribution is 0.0227. The zero-order valence-electron chi connectivity index (χ0n) is 17.5. The zero-order valence-corrected chi connectivity index (χ0v) is 17.5. The molecule has 0 aromatic heterocycles. The van der Waals surface area contributed by atoms with Crippen LogP contribution in [-0.4, -0.2) is 94.9 Å². The molecule has 1 aromatic carbocycles. The molecule has 1 aliphatic carbocycles. The topological polar surface area (TPSA) is 122 Å². The molecule has 2 saturated heterocycles. The van der Waals surface area contributed by atoms with E-state index in [2.05, 4.69) is 21.3 Å². The Morgan fingerprint density at radius 2 is 2.06 bits per heavy atom. The van der Waals surface area contributed by atoms with E-state index in [-0.39, 0.29) is 43.1 Å². The van der Waals surface area contributed by atoms with Crippen molar-refractivity contribution in [1.29, 1.82) is 0 Å². The molecule has 0 amide bonds. The predicted octanol–water partition coefficient (Wildman–Crippen LogP) is -0.0949. The summed E-state index contributed by atoms with van der Waals surface area (Å²) < 4.78 is 10.9. The Labute approximate surface area is 185 Å². The zero-order chi connectivity index (χ0) is 21.9. The molecule has 4 aliphatic heterocycles. The van der Waals surface area contributed by atoms with Crippen molar-refractivity contribution in [2.45, 2.75) is 29.8 Å². The largest absolute Gasteiger partial charge is 0.508 e. The number of morpholine rings is 1. The number of epoxide rings is 1. The molecule has 0 bridgehead atoms. The normalized spacial score (nSPS) is 36.4. The Hall–Kier alpha value is -2.72. The standard InChI is InChI=1S/C23H26N4O5/c28-7-4-24-16-12-17(23(30)21-22(23)32-21)25-19-15(13-2-1-3-14(29)10-13)11-18(26-20(16)19)27-5-8-31-9-6-27/h1-3,10-12,15,19,21-22,25,28-30H,4-9H2. The van der Waals surface area contributed by atoms with Gasteiger partial charge in [-0.2, -0.15) is 0 Å². The van der Waals surface area contributed by atoms with Gasteiger partial charge in [-0.3, -0.25) is 4.99 Å². The first-order valence-electron chi connectivity index (χ1n) is 11.0. The average Bonchev–Trinajstić information content (AvgIpc) is 3.74. The quantitative estimate of drug-likeness (QED) is 0.474. The van der Waals surface area contributed by atoms with Crippen LogP contribution in [0.3, 0.4) is 0 Å². The van der Waals surface area contributed by atoms with Crippen molar-refractivity contribution in [3.8, 4) is 5.75 Å². The second kappa shape index (κ2) is 7.41. The third-order valence-corrected chi connectivity index (χ3v) is 6.73. The summed E-state index contributed by atoms with van der Waals surface area (Å²) in [4.78, 5) is 11.8. The minimum atomic E-state index is -1.01. The van der Waals surface area contributed by atoms with Crippen molar-refractivity contribution in [1.82, 2.24) is 10.2 Å². The van der Waals surface area contributed by atoms with Crippen LogP contribution in [0.5, 0.6) is 5.75 Å². The van der Waals surface area contributed by atoms with Crippen LogP contribution in [0.2, 0.25) is 0 Å². The summed E-state index contributed by atoms with van der Waals surface area (Å²) in [6.45, 7) is 2.97. The van der Waals surface area contributed by atoms with Gasteiger partial charge in [-0.25, -0.2) is 4.99 Å². The molecule has 1 aromatic rings. The maximum absolute atomic E-state index is 11.0. The first-order valence-corrected chi connectivity index (χ1v) is 11.0. The van der Waals surface area contributed by atoms with Gasteiger partial charge in [0.15, 0.2) is 5.60 Å². The number of rotatable bonds is 5. The number of hydrogen-bond acceptors (Lipinski definition) is 9. The highest BCUT2D eigenvalue weighted by Gasteiger charge is 2.82. The fourth-order valence-electron chi connectivity index (χ4n) is 4.84. The maximum atomic E-state index is 11.0. The molecule has 168 valence electrons. The number of phenolic OH excluding ortho intramolecular Hbond substituents is 1. The number of nitrogens with zero attached hydrogens (tertiary/aromatic N) is 3. The Morgan fingerprint density at radius 1 is 1.25 bits per heavy atom. The number of fused-ring (bicyclic) bond motifs is 2. The average molecular weight is 438 g/mol. The second-order valence-corrected chi connectivity index (χ2v) is 8.72. The van der Waals surface area contributed by atoms with Crippen LogP contribution < -0.4 is 5.32 Å². The van der Waals surface area contributed by atoms with E-state index in [1.54, 1.807) is 12.1 Å². The summed E-state index contributed by atoms with van der Waals surface area (Å²) in [7, 11) is 0. The number of phenols is 1. The van der Waals surface area contributed by atoms with Gasteiger partial charge < -0.3 is 35.0 Å². The molecule has 4 atom stereocenters. The van der Waals surface area contributed by atoms with Crippen LogP contribution in [0, 0.1) is 0 Å². The smallest absolute Gasteiger partial charge is 0.161 e. The van der Waals surface area contributed by atoms with Gasteiger partial charge in [-0.05, 0) is 29.8 Å². The van der Waals surface area contributed by atoms with Gasteiger partial charge in [0.05, 0.1) is 49.5 Å². The number of allylic oxidation sites excluding steroid dienone is 1. The van der Waals surface area contributed by atoms with E-state index in [4.69, 9.17) is 14.5 Å². The molecule has 4 heterocycles. The lowest BCUT2D eigenvalue weighted by Gasteiger charge is -2.40. The number of benzene rings is 1. The van der Waals surface area contributed by atoms with E-state index in [9.17, 15) is 15.3 Å². The first kappa shape index (κ1) is 19.9. The van der Waals surface area contributed by atoms with E-state index in [0.29, 0.717) is 24.6 Å². The summed E-state index contributed by atoms with van der Waals surface area (Å²) in [6, 6.07) is 6.95. The van der Waals surface area contributed by atoms with Crippen molar-refractivity contribution >= 4 is 11.4 Å². The Kier molecular flexibility index (Phi) is 4.62. The highest BCUT2D eigenvalue weighted by Crippen LogP contribution is 2.60. The molecule has 1 saturated carbocycles. The van der Waals surface area contributed by atoms with Gasteiger partial charge in [0.25, 0.3) is 0 Å². The highest BCUT2D eigenvalue weighted by molar-refractivity contribution is 6.49. The third-order valence-electron chi connectivity index (χ3n) is 6.73. The first-order chi connectivity index (χ1) is 15.6. The van der Waals surface area contributed by atoms with Gasteiger partial charge in [0.1, 0.15) is 23.8 Å². The van der Waals surface area contributed by atoms with E-state index in [1.165, 1.54) is 0 Å². The van der Waals surface area contributed by atoms with Crippen LogP contribution >= 0.6 is 0 Å². The minimum absolute atomic E-state index is 0.0706. The van der Waals surface area contributed by atoms with Crippen molar-refractivity contribution in [2.75, 3.05) is 39.5 Å². The van der Waals surface area contributed by atoms with Crippen LogP contribution in [0.1, 0.15) is 11.5 Å². The van der Waals surface area contributed by atoms with Gasteiger partial charge in [0.2, 0.25) is 0 Å². The van der Waals surface area contributed by atoms with E-state index in [1.807, 2.05) is 18.2 Å². The molecule has 0 radical (unpaired) electrons. The molecule has 0 spiro atoms. The van der Waals surface area contributed by atoms with Gasteiger partial charge in [-0.1, -0.05) is 12.1 Å². The lowest BCUT2D eigenvalue weighted by atomic mass is 9.82. The van der Waals surface area contributed by atoms with Crippen molar-refractivity contribution in [2.24, 2.45) is 9.98 Å². The third kappa shape index (κ3) is 3.15. The van der Waals surface area contributed by atoms with Gasteiger partial charge in [0, 0.05) is 19.0 Å². The summed E-state index contributed by atoms with van der Waals surface area (Å²) in [5.41, 5.74) is 2.02. The molecule has 6 rings (SSSR count). The van der Waals surface area contributed by atoms with Crippen molar-refractivity contribution in [3.05, 3.63) is 53.5 Å². The maximum Gasteiger partial charge on any atom is 0.161 e. The second-order valence-electron chi connectivity index (χ2n) is 8.72. The van der Waals surface area contributed by atoms with E-state index < -0.39 is 5.60 Å². The van der Waals surface area contributed by atoms with E-state index >= 15 is 0 Å². The summed E-state index contributed by atoms with van der Waals surface area (Å²) in [5, 5.41) is 34.0. The fraction of sp³-hybridized carbons (Fsp3) is 0.478. The number of aliphatic hydroxyl groups is 2. The lowest BCUT2D eigenvalue weighted by Crippen LogP contribution is -2.53. The molecule has 32 heavy (non-hydrogen) atoms. The molecular weight excluding hydrogens is 412 g/mol. The van der Waals surface area contributed by atoms with Crippen LogP contribution in [-0.2, 0) is 9.47 Å². The Bertz CT molecular complexity index is 1050. The number of nitrogens with one attached hydrogen (secondary N) is 1. The summed E-state index contributed by atoms with van der Waals surface area (Å²) in [6.07, 6.45) is 3.62. The number of aromatic hydroxyl groups is 1.